The summed E-state index contributed by atoms with van der Waals surface area (Å²) in [5, 5.41) is 8.05. The average Bonchev–Trinajstić information content (AvgIpc) is 3.22. The fourth-order valence-electron chi connectivity index (χ4n) is 4.12. The van der Waals surface area contributed by atoms with E-state index in [2.05, 4.69) is 53.9 Å². The molecule has 2 heterocycles. The third kappa shape index (κ3) is 5.98. The summed E-state index contributed by atoms with van der Waals surface area (Å²) in [7, 11) is 0. The molecule has 0 unspecified atom stereocenters. The highest BCUT2D eigenvalue weighted by Gasteiger charge is 2.24. The molecule has 33 heavy (non-hydrogen) atoms. The summed E-state index contributed by atoms with van der Waals surface area (Å²) >= 11 is 0. The molecule has 1 amide bonds. The van der Waals surface area contributed by atoms with Crippen LogP contribution in [0.4, 0.5) is 5.69 Å². The summed E-state index contributed by atoms with van der Waals surface area (Å²) in [4.78, 5) is 22.2. The summed E-state index contributed by atoms with van der Waals surface area (Å²) in [6, 6.07) is 14.0. The van der Waals surface area contributed by atoms with Crippen molar-refractivity contribution in [1.82, 2.24) is 15.6 Å². The number of aryl methyl sites for hydroxylation is 1. The second kappa shape index (κ2) is 11.9. The lowest BCUT2D eigenvalue weighted by atomic mass is 10.1. The first-order chi connectivity index (χ1) is 15.7. The van der Waals surface area contributed by atoms with Gasteiger partial charge in [0.25, 0.3) is 5.91 Å². The molecule has 4 rings (SSSR count). The predicted octanol–water partition coefficient (Wildman–Crippen LogP) is 4.01. The van der Waals surface area contributed by atoms with Gasteiger partial charge in [-0.3, -0.25) is 9.79 Å². The van der Waals surface area contributed by atoms with Crippen LogP contribution in [0.5, 0.6) is 5.75 Å². The quantitative estimate of drug-likeness (QED) is 0.168. The van der Waals surface area contributed by atoms with Gasteiger partial charge in [0.1, 0.15) is 5.75 Å². The molecule has 0 aliphatic carbocycles. The number of nitrogens with zero attached hydrogens (tertiary/aromatic N) is 2. The highest BCUT2D eigenvalue weighted by atomic mass is 127. The number of fused-ring (bicyclic) bond motifs is 2. The number of H-pyrrole nitrogens is 1. The number of para-hydroxylation sites is 2. The fraction of sp³-hybridized carbons (Fsp3) is 0.360. The maximum Gasteiger partial charge on any atom is 0.265 e. The van der Waals surface area contributed by atoms with E-state index in [1.54, 1.807) is 4.90 Å². The number of hydrogen-bond donors (Lipinski definition) is 3. The first-order valence-electron chi connectivity index (χ1n) is 11.3. The van der Waals surface area contributed by atoms with Crippen molar-refractivity contribution in [2.75, 3.05) is 37.7 Å². The number of ether oxygens (including phenoxy) is 1. The van der Waals surface area contributed by atoms with Gasteiger partial charge in [-0.25, -0.2) is 0 Å². The molecule has 2 aromatic carbocycles. The molecule has 0 spiro atoms. The van der Waals surface area contributed by atoms with Crippen molar-refractivity contribution in [3.05, 3.63) is 59.8 Å². The van der Waals surface area contributed by atoms with Gasteiger partial charge in [0.15, 0.2) is 12.6 Å². The Morgan fingerprint density at radius 2 is 2.03 bits per heavy atom. The van der Waals surface area contributed by atoms with Gasteiger partial charge in [0.05, 0.1) is 5.69 Å². The zero-order valence-corrected chi connectivity index (χ0v) is 21.5. The van der Waals surface area contributed by atoms with E-state index in [1.165, 1.54) is 22.0 Å². The number of hydrogen-bond acceptors (Lipinski definition) is 3. The second-order valence-corrected chi connectivity index (χ2v) is 7.90. The SMILES string of the molecule is CCNC(=NCCCN1C(=O)COc2ccccc21)NCCc1c[nH]c2cccc(C)c12.I. The Kier molecular flexibility index (Phi) is 8.99. The zero-order valence-electron chi connectivity index (χ0n) is 19.2. The number of guanidine groups is 1. The van der Waals surface area contributed by atoms with Gasteiger partial charge in [-0.05, 0) is 56.0 Å². The molecule has 3 aromatic rings. The molecular formula is C25H32IN5O2. The minimum absolute atomic E-state index is 0. The summed E-state index contributed by atoms with van der Waals surface area (Å²) in [6.45, 7) is 7.15. The normalized spacial score (nSPS) is 13.3. The van der Waals surface area contributed by atoms with Crippen molar-refractivity contribution in [3.63, 3.8) is 0 Å². The Balaban J connectivity index is 0.00000306. The van der Waals surface area contributed by atoms with Crippen LogP contribution in [0.2, 0.25) is 0 Å². The minimum atomic E-state index is -0.00765. The summed E-state index contributed by atoms with van der Waals surface area (Å²) in [5.41, 5.74) is 4.62. The van der Waals surface area contributed by atoms with Crippen LogP contribution in [0.15, 0.2) is 53.7 Å². The van der Waals surface area contributed by atoms with Crippen LogP contribution in [0, 0.1) is 6.92 Å². The number of aliphatic imine (C=N–C) groups is 1. The standard InChI is InChI=1S/C25H31N5O2.HI/c1-3-26-25(28-14-12-19-16-29-20-9-6-8-18(2)24(19)20)27-13-7-15-30-21-10-4-5-11-22(21)32-17-23(30)31;/h4-6,8-11,16,29H,3,7,12-15,17H2,1-2H3,(H2,26,27,28);1H. The van der Waals surface area contributed by atoms with Gasteiger partial charge in [0.2, 0.25) is 0 Å². The number of nitrogens with one attached hydrogen (secondary N) is 3. The Hall–Kier alpha value is -2.75. The van der Waals surface area contributed by atoms with Crippen molar-refractivity contribution in [2.24, 2.45) is 4.99 Å². The van der Waals surface area contributed by atoms with Gasteiger partial charge in [-0.2, -0.15) is 0 Å². The molecule has 0 radical (unpaired) electrons. The van der Waals surface area contributed by atoms with Crippen LogP contribution in [0.1, 0.15) is 24.5 Å². The maximum atomic E-state index is 12.3. The van der Waals surface area contributed by atoms with Gasteiger partial charge in [-0.1, -0.05) is 24.3 Å². The van der Waals surface area contributed by atoms with Crippen molar-refractivity contribution in [3.8, 4) is 5.75 Å². The minimum Gasteiger partial charge on any atom is -0.482 e. The number of anilines is 1. The Labute approximate surface area is 212 Å². The van der Waals surface area contributed by atoms with Gasteiger partial charge < -0.3 is 25.3 Å². The summed E-state index contributed by atoms with van der Waals surface area (Å²) < 4.78 is 5.51. The summed E-state index contributed by atoms with van der Waals surface area (Å²) in [6.07, 6.45) is 3.78. The van der Waals surface area contributed by atoms with Gasteiger partial charge >= 0.3 is 0 Å². The second-order valence-electron chi connectivity index (χ2n) is 7.90. The van der Waals surface area contributed by atoms with Crippen LogP contribution >= 0.6 is 24.0 Å². The molecule has 8 heteroatoms. The van der Waals surface area contributed by atoms with Crippen LogP contribution in [0.3, 0.4) is 0 Å². The zero-order chi connectivity index (χ0) is 22.3. The molecule has 1 aliphatic heterocycles. The monoisotopic (exact) mass is 561 g/mol. The number of benzene rings is 2. The van der Waals surface area contributed by atoms with Crippen LogP contribution in [-0.2, 0) is 11.2 Å². The largest absolute Gasteiger partial charge is 0.482 e. The lowest BCUT2D eigenvalue weighted by Gasteiger charge is -2.29. The van der Waals surface area contributed by atoms with Crippen LogP contribution in [-0.4, -0.2) is 49.6 Å². The van der Waals surface area contributed by atoms with E-state index < -0.39 is 0 Å². The van der Waals surface area contributed by atoms with E-state index in [9.17, 15) is 4.79 Å². The lowest BCUT2D eigenvalue weighted by molar-refractivity contribution is -0.121. The first-order valence-corrected chi connectivity index (χ1v) is 11.3. The van der Waals surface area contributed by atoms with Crippen molar-refractivity contribution < 1.29 is 9.53 Å². The predicted molar refractivity (Wildman–Crippen MR) is 145 cm³/mol. The van der Waals surface area contributed by atoms with Gasteiger partial charge in [-0.15, -0.1) is 24.0 Å². The number of aromatic nitrogens is 1. The highest BCUT2D eigenvalue weighted by molar-refractivity contribution is 14.0. The Morgan fingerprint density at radius 3 is 2.88 bits per heavy atom. The Morgan fingerprint density at radius 1 is 1.18 bits per heavy atom. The van der Waals surface area contributed by atoms with E-state index in [4.69, 9.17) is 9.73 Å². The number of carbonyl (C=O) groups excluding carboxylic acids is 1. The molecule has 1 aliphatic rings. The third-order valence-corrected chi connectivity index (χ3v) is 5.64. The summed E-state index contributed by atoms with van der Waals surface area (Å²) in [5.74, 6) is 1.56. The number of halogens is 1. The number of amides is 1. The molecule has 1 aromatic heterocycles. The number of rotatable bonds is 8. The average molecular weight is 561 g/mol. The third-order valence-electron chi connectivity index (χ3n) is 5.64. The van der Waals surface area contributed by atoms with Crippen molar-refractivity contribution in [2.45, 2.75) is 26.7 Å². The molecule has 3 N–H and O–H groups in total. The molecule has 0 saturated carbocycles. The molecule has 0 saturated heterocycles. The van der Waals surface area contributed by atoms with Gasteiger partial charge in [0, 0.05) is 43.3 Å². The molecule has 176 valence electrons. The van der Waals surface area contributed by atoms with Crippen molar-refractivity contribution >= 4 is 52.4 Å². The van der Waals surface area contributed by atoms with E-state index in [1.807, 2.05) is 24.3 Å². The van der Waals surface area contributed by atoms with Crippen LogP contribution in [0.25, 0.3) is 10.9 Å². The van der Waals surface area contributed by atoms with E-state index in [-0.39, 0.29) is 36.5 Å². The topological polar surface area (TPSA) is 81.8 Å². The van der Waals surface area contributed by atoms with Crippen LogP contribution < -0.4 is 20.3 Å². The molecule has 0 fully saturated rings. The number of carbonyl (C=O) groups is 1. The Bertz CT molecular complexity index is 1110. The molecule has 7 nitrogen and oxygen atoms in total. The van der Waals surface area contributed by atoms with E-state index >= 15 is 0 Å². The van der Waals surface area contributed by atoms with Crippen molar-refractivity contribution in [1.29, 1.82) is 0 Å². The number of aromatic amines is 1. The van der Waals surface area contributed by atoms with E-state index in [0.717, 1.165) is 43.3 Å². The highest BCUT2D eigenvalue weighted by Crippen LogP contribution is 2.31. The molecule has 0 atom stereocenters. The fourth-order valence-corrected chi connectivity index (χ4v) is 4.12. The first kappa shape index (κ1) is 24.9. The van der Waals surface area contributed by atoms with E-state index in [0.29, 0.717) is 13.1 Å². The molecular weight excluding hydrogens is 529 g/mol. The molecule has 0 bridgehead atoms. The smallest absolute Gasteiger partial charge is 0.265 e. The lowest BCUT2D eigenvalue weighted by Crippen LogP contribution is -2.40. The maximum absolute atomic E-state index is 12.3.